The van der Waals surface area contributed by atoms with Crippen LogP contribution in [-0.4, -0.2) is 23.0 Å². The summed E-state index contributed by atoms with van der Waals surface area (Å²) in [5.74, 6) is 1.76. The highest BCUT2D eigenvalue weighted by molar-refractivity contribution is 7.04. The number of rotatable bonds is 4. The van der Waals surface area contributed by atoms with Crippen LogP contribution in [0.25, 0.3) is 100 Å². The van der Waals surface area contributed by atoms with Crippen LogP contribution in [0.15, 0.2) is 160 Å². The molecule has 5 nitrogen and oxygen atoms in total. The van der Waals surface area contributed by atoms with E-state index < -0.39 is 8.07 Å². The monoisotopic (exact) mass is 697 g/mol. The fourth-order valence-electron chi connectivity index (χ4n) is 8.34. The third kappa shape index (κ3) is 4.46. The standard InChI is InChI=1S/C47H31N3O2Si/c1-53(2)39-22-11-8-17-34(39)42-40(53)27-36(41-33-16-7-10-21-38(33)52-44(41)42)47-49-45(30-25-23-29(24-26-30)28-13-4-3-5-14-28)48-46(50-47)35-19-12-18-32-31-15-6-9-20-37(31)51-43(32)35/h3-27H,1-2H3. The zero-order valence-corrected chi connectivity index (χ0v) is 30.1. The Kier molecular flexibility index (Phi) is 6.34. The Morgan fingerprint density at radius 1 is 0.415 bits per heavy atom. The molecule has 0 bridgehead atoms. The van der Waals surface area contributed by atoms with Crippen molar-refractivity contribution in [1.29, 1.82) is 0 Å². The first-order chi connectivity index (χ1) is 26.0. The Morgan fingerprint density at radius 3 is 1.79 bits per heavy atom. The van der Waals surface area contributed by atoms with Crippen LogP contribution in [-0.2, 0) is 0 Å². The van der Waals surface area contributed by atoms with Crippen molar-refractivity contribution < 1.29 is 8.83 Å². The minimum Gasteiger partial charge on any atom is -0.455 e. The van der Waals surface area contributed by atoms with Crippen LogP contribution in [0.1, 0.15) is 0 Å². The molecule has 11 rings (SSSR count). The maximum atomic E-state index is 6.82. The number of nitrogens with zero attached hydrogens (tertiary/aromatic N) is 3. The molecule has 0 spiro atoms. The molecule has 0 N–H and O–H groups in total. The topological polar surface area (TPSA) is 65.0 Å². The summed E-state index contributed by atoms with van der Waals surface area (Å²) in [4.78, 5) is 15.8. The number of benzene rings is 7. The van der Waals surface area contributed by atoms with Crippen LogP contribution in [0.3, 0.4) is 0 Å². The summed E-state index contributed by atoms with van der Waals surface area (Å²) in [6, 6.07) is 52.7. The van der Waals surface area contributed by atoms with Gasteiger partial charge < -0.3 is 8.83 Å². The Morgan fingerprint density at radius 2 is 0.981 bits per heavy atom. The summed E-state index contributed by atoms with van der Waals surface area (Å²) < 4.78 is 13.3. The molecule has 0 aliphatic carbocycles. The number of para-hydroxylation sites is 3. The van der Waals surface area contributed by atoms with Crippen LogP contribution in [0.4, 0.5) is 0 Å². The lowest BCUT2D eigenvalue weighted by molar-refractivity contribution is 0.669. The van der Waals surface area contributed by atoms with E-state index in [1.165, 1.54) is 21.5 Å². The minimum atomic E-state index is -2.11. The zero-order valence-electron chi connectivity index (χ0n) is 29.1. The molecule has 1 aliphatic heterocycles. The van der Waals surface area contributed by atoms with Crippen molar-refractivity contribution in [2.24, 2.45) is 0 Å². The predicted octanol–water partition coefficient (Wildman–Crippen LogP) is 11.1. The number of hydrogen-bond donors (Lipinski definition) is 0. The van der Waals surface area contributed by atoms with Gasteiger partial charge in [-0.15, -0.1) is 0 Å². The summed E-state index contributed by atoms with van der Waals surface area (Å²) in [5.41, 5.74) is 10.8. The summed E-state index contributed by atoms with van der Waals surface area (Å²) in [6.07, 6.45) is 0. The Balaban J connectivity index is 1.21. The van der Waals surface area contributed by atoms with Gasteiger partial charge in [-0.1, -0.05) is 140 Å². The van der Waals surface area contributed by atoms with Gasteiger partial charge in [-0.2, -0.15) is 0 Å². The van der Waals surface area contributed by atoms with Gasteiger partial charge in [-0.25, -0.2) is 15.0 Å². The van der Waals surface area contributed by atoms with Gasteiger partial charge in [-0.3, -0.25) is 0 Å². The molecule has 7 aromatic carbocycles. The maximum absolute atomic E-state index is 6.82. The lowest BCUT2D eigenvalue weighted by atomic mass is 9.98. The molecule has 3 aromatic heterocycles. The van der Waals surface area contributed by atoms with E-state index in [0.29, 0.717) is 17.5 Å². The second-order valence-electron chi connectivity index (χ2n) is 14.3. The van der Waals surface area contributed by atoms with Crippen molar-refractivity contribution in [2.75, 3.05) is 0 Å². The molecule has 0 saturated heterocycles. The third-order valence-corrected chi connectivity index (χ3v) is 14.5. The molecule has 1 aliphatic rings. The molecule has 0 amide bonds. The van der Waals surface area contributed by atoms with Crippen molar-refractivity contribution in [3.8, 4) is 56.4 Å². The summed E-state index contributed by atoms with van der Waals surface area (Å²) in [6.45, 7) is 4.85. The lowest BCUT2D eigenvalue weighted by Crippen LogP contribution is -2.49. The molecule has 6 heteroatoms. The van der Waals surface area contributed by atoms with Gasteiger partial charge in [0, 0.05) is 38.2 Å². The highest BCUT2D eigenvalue weighted by Gasteiger charge is 2.40. The molecule has 0 saturated carbocycles. The number of aromatic nitrogens is 3. The third-order valence-electron chi connectivity index (χ3n) is 11.0. The van der Waals surface area contributed by atoms with Crippen LogP contribution in [0.2, 0.25) is 13.1 Å². The quantitative estimate of drug-likeness (QED) is 0.171. The van der Waals surface area contributed by atoms with Crippen molar-refractivity contribution in [3.05, 3.63) is 152 Å². The normalized spacial score (nSPS) is 13.2. The van der Waals surface area contributed by atoms with Crippen LogP contribution >= 0.6 is 0 Å². The van der Waals surface area contributed by atoms with E-state index in [9.17, 15) is 0 Å². The molecule has 53 heavy (non-hydrogen) atoms. The van der Waals surface area contributed by atoms with Gasteiger partial charge in [0.2, 0.25) is 0 Å². The molecule has 0 unspecified atom stereocenters. The zero-order chi connectivity index (χ0) is 35.3. The molecule has 4 heterocycles. The van der Waals surface area contributed by atoms with E-state index in [1.54, 1.807) is 0 Å². The van der Waals surface area contributed by atoms with Crippen molar-refractivity contribution in [2.45, 2.75) is 13.1 Å². The SMILES string of the molecule is C[Si]1(C)c2ccccc2-c2c1cc(-c1nc(-c3ccc(-c4ccccc4)cc3)nc(-c3cccc4c3oc3ccccc34)n1)c1c2oc2ccccc21. The number of furan rings is 2. The number of fused-ring (bicyclic) bond motifs is 10. The van der Waals surface area contributed by atoms with Crippen LogP contribution in [0.5, 0.6) is 0 Å². The Bertz CT molecular complexity index is 3090. The van der Waals surface area contributed by atoms with Crippen LogP contribution < -0.4 is 10.4 Å². The maximum Gasteiger partial charge on any atom is 0.167 e. The molecule has 250 valence electrons. The van der Waals surface area contributed by atoms with E-state index in [-0.39, 0.29) is 0 Å². The predicted molar refractivity (Wildman–Crippen MR) is 218 cm³/mol. The number of hydrogen-bond acceptors (Lipinski definition) is 5. The second kappa shape index (κ2) is 11.2. The fraction of sp³-hybridized carbons (Fsp3) is 0.0426. The van der Waals surface area contributed by atoms with Gasteiger partial charge in [0.05, 0.1) is 5.56 Å². The van der Waals surface area contributed by atoms with E-state index in [1.807, 2.05) is 36.4 Å². The van der Waals surface area contributed by atoms with Gasteiger partial charge in [-0.05, 0) is 51.3 Å². The molecular weight excluding hydrogens is 667 g/mol. The molecule has 0 radical (unpaired) electrons. The van der Waals surface area contributed by atoms with E-state index in [2.05, 4.69) is 128 Å². The van der Waals surface area contributed by atoms with Crippen LogP contribution in [0, 0.1) is 0 Å². The lowest BCUT2D eigenvalue weighted by Gasteiger charge is -2.19. The van der Waals surface area contributed by atoms with Gasteiger partial charge in [0.25, 0.3) is 0 Å². The van der Waals surface area contributed by atoms with Gasteiger partial charge >= 0.3 is 0 Å². The van der Waals surface area contributed by atoms with Crippen molar-refractivity contribution in [3.63, 3.8) is 0 Å². The highest BCUT2D eigenvalue weighted by atomic mass is 28.3. The summed E-state index contributed by atoms with van der Waals surface area (Å²) in [5, 5.41) is 6.90. The van der Waals surface area contributed by atoms with E-state index in [0.717, 1.165) is 71.7 Å². The van der Waals surface area contributed by atoms with Gasteiger partial charge in [0.1, 0.15) is 30.4 Å². The largest absolute Gasteiger partial charge is 0.455 e. The first-order valence-corrected chi connectivity index (χ1v) is 20.9. The first-order valence-electron chi connectivity index (χ1n) is 17.9. The second-order valence-corrected chi connectivity index (χ2v) is 18.7. The van der Waals surface area contributed by atoms with E-state index in [4.69, 9.17) is 23.8 Å². The molecule has 10 aromatic rings. The summed E-state index contributed by atoms with van der Waals surface area (Å²) >= 11 is 0. The van der Waals surface area contributed by atoms with E-state index >= 15 is 0 Å². The molecule has 0 atom stereocenters. The minimum absolute atomic E-state index is 0.558. The van der Waals surface area contributed by atoms with Gasteiger partial charge in [0.15, 0.2) is 17.5 Å². The smallest absolute Gasteiger partial charge is 0.167 e. The fourth-order valence-corrected chi connectivity index (χ4v) is 11.4. The average molecular weight is 698 g/mol. The van der Waals surface area contributed by atoms with Crippen molar-refractivity contribution >= 4 is 62.3 Å². The van der Waals surface area contributed by atoms with Crippen molar-refractivity contribution in [1.82, 2.24) is 15.0 Å². The average Bonchev–Trinajstić information content (AvgIpc) is 3.86. The molecule has 0 fully saturated rings. The first kappa shape index (κ1) is 30.0. The Hall–Kier alpha value is -6.63. The summed E-state index contributed by atoms with van der Waals surface area (Å²) in [7, 11) is -2.11. The highest BCUT2D eigenvalue weighted by Crippen LogP contribution is 2.44. The molecular formula is C47H31N3O2Si. The Labute approximate surface area is 306 Å².